The molecule has 154 valence electrons. The van der Waals surface area contributed by atoms with Crippen molar-refractivity contribution < 1.29 is 4.79 Å². The molecule has 0 aliphatic carbocycles. The van der Waals surface area contributed by atoms with Crippen molar-refractivity contribution in [3.8, 4) is 11.4 Å². The lowest BCUT2D eigenvalue weighted by atomic mass is 9.67. The number of rotatable bonds is 6. The van der Waals surface area contributed by atoms with E-state index in [1.54, 1.807) is 0 Å². The Morgan fingerprint density at radius 2 is 1.00 bits per heavy atom. The Morgan fingerprint density at radius 1 is 0.594 bits per heavy atom. The van der Waals surface area contributed by atoms with Gasteiger partial charge in [0.05, 0.1) is 11.1 Å². The van der Waals surface area contributed by atoms with E-state index in [1.165, 1.54) is 0 Å². The number of aldehydes is 1. The lowest BCUT2D eigenvalue weighted by molar-refractivity contribution is 0.111. The topological polar surface area (TPSA) is 45.8 Å². The fourth-order valence-electron chi connectivity index (χ4n) is 4.49. The molecule has 0 amide bonds. The number of carbonyl (C=O) groups excluding carboxylic acids is 1. The molecular weight excluding hydrogens is 392 g/mol. The molecule has 32 heavy (non-hydrogen) atoms. The van der Waals surface area contributed by atoms with Gasteiger partial charge in [0.2, 0.25) is 0 Å². The number of nitrogens with one attached hydrogen (secondary N) is 1. The van der Waals surface area contributed by atoms with Gasteiger partial charge in [0.15, 0.2) is 6.29 Å². The van der Waals surface area contributed by atoms with Crippen molar-refractivity contribution in [3.63, 3.8) is 0 Å². The van der Waals surface area contributed by atoms with Crippen molar-refractivity contribution >= 4 is 6.29 Å². The fraction of sp³-hybridized carbons (Fsp3) is 0.0345. The first-order valence-corrected chi connectivity index (χ1v) is 10.6. The van der Waals surface area contributed by atoms with E-state index in [2.05, 4.69) is 41.4 Å². The zero-order valence-electron chi connectivity index (χ0n) is 17.5. The Hall–Kier alpha value is -4.24. The van der Waals surface area contributed by atoms with Gasteiger partial charge in [-0.1, -0.05) is 121 Å². The van der Waals surface area contributed by atoms with Gasteiger partial charge in [0.25, 0.3) is 0 Å². The summed E-state index contributed by atoms with van der Waals surface area (Å²) < 4.78 is 0. The summed E-state index contributed by atoms with van der Waals surface area (Å²) in [7, 11) is 0. The number of aromatic nitrogens is 2. The van der Waals surface area contributed by atoms with Crippen molar-refractivity contribution in [1.82, 2.24) is 9.97 Å². The van der Waals surface area contributed by atoms with Crippen LogP contribution in [0.5, 0.6) is 0 Å². The van der Waals surface area contributed by atoms with E-state index in [1.807, 2.05) is 84.9 Å². The van der Waals surface area contributed by atoms with E-state index in [9.17, 15) is 4.79 Å². The van der Waals surface area contributed by atoms with Gasteiger partial charge in [-0.15, -0.1) is 0 Å². The summed E-state index contributed by atoms with van der Waals surface area (Å²) in [6, 6.07) is 40.8. The van der Waals surface area contributed by atoms with Crippen LogP contribution in [0.15, 0.2) is 121 Å². The van der Waals surface area contributed by atoms with Crippen LogP contribution in [-0.4, -0.2) is 16.3 Å². The van der Waals surface area contributed by atoms with Crippen LogP contribution < -0.4 is 0 Å². The van der Waals surface area contributed by atoms with Crippen molar-refractivity contribution in [2.24, 2.45) is 0 Å². The fourth-order valence-corrected chi connectivity index (χ4v) is 4.49. The van der Waals surface area contributed by atoms with Gasteiger partial charge < -0.3 is 4.98 Å². The second-order valence-electron chi connectivity index (χ2n) is 7.68. The number of nitrogens with zero attached hydrogens (tertiary/aromatic N) is 1. The quantitative estimate of drug-likeness (QED) is 0.263. The predicted molar refractivity (Wildman–Crippen MR) is 128 cm³/mol. The lowest BCUT2D eigenvalue weighted by Crippen LogP contribution is -2.32. The number of aromatic amines is 1. The van der Waals surface area contributed by atoms with Gasteiger partial charge >= 0.3 is 0 Å². The van der Waals surface area contributed by atoms with Crippen molar-refractivity contribution in [2.75, 3.05) is 0 Å². The highest BCUT2D eigenvalue weighted by atomic mass is 16.1. The van der Waals surface area contributed by atoms with E-state index >= 15 is 0 Å². The number of H-pyrrole nitrogens is 1. The minimum absolute atomic E-state index is 0.403. The maximum Gasteiger partial charge on any atom is 0.170 e. The second kappa shape index (κ2) is 8.48. The summed E-state index contributed by atoms with van der Waals surface area (Å²) in [6.07, 6.45) is 0.849. The smallest absolute Gasteiger partial charge is 0.170 e. The zero-order valence-corrected chi connectivity index (χ0v) is 17.5. The predicted octanol–water partition coefficient (Wildman–Crippen LogP) is 6.27. The maximum atomic E-state index is 12.3. The molecule has 3 heteroatoms. The van der Waals surface area contributed by atoms with Gasteiger partial charge in [0.1, 0.15) is 11.5 Å². The average Bonchev–Trinajstić information content (AvgIpc) is 3.32. The molecule has 4 aromatic carbocycles. The van der Waals surface area contributed by atoms with Crippen LogP contribution in [0.2, 0.25) is 0 Å². The Morgan fingerprint density at radius 3 is 1.41 bits per heavy atom. The molecule has 3 nitrogen and oxygen atoms in total. The van der Waals surface area contributed by atoms with Crippen LogP contribution >= 0.6 is 0 Å². The average molecular weight is 415 g/mol. The van der Waals surface area contributed by atoms with Crippen molar-refractivity contribution in [2.45, 2.75) is 5.41 Å². The highest BCUT2D eigenvalue weighted by Crippen LogP contribution is 2.45. The molecular formula is C29H22N2O. The van der Waals surface area contributed by atoms with Gasteiger partial charge in [-0.05, 0) is 16.7 Å². The Balaban J connectivity index is 1.90. The van der Waals surface area contributed by atoms with Crippen LogP contribution in [0.25, 0.3) is 11.4 Å². The minimum Gasteiger partial charge on any atom is -0.340 e. The van der Waals surface area contributed by atoms with Gasteiger partial charge in [-0.25, -0.2) is 4.98 Å². The molecule has 0 bridgehead atoms. The van der Waals surface area contributed by atoms with E-state index in [0.29, 0.717) is 11.5 Å². The van der Waals surface area contributed by atoms with Crippen LogP contribution in [0.1, 0.15) is 32.9 Å². The summed E-state index contributed by atoms with van der Waals surface area (Å²) >= 11 is 0. The number of benzene rings is 4. The highest BCUT2D eigenvalue weighted by Gasteiger charge is 2.42. The first kappa shape index (κ1) is 19.7. The third-order valence-electron chi connectivity index (χ3n) is 5.89. The monoisotopic (exact) mass is 414 g/mol. The molecule has 0 radical (unpaired) electrons. The second-order valence-corrected chi connectivity index (χ2v) is 7.68. The van der Waals surface area contributed by atoms with Gasteiger partial charge in [0, 0.05) is 5.56 Å². The molecule has 0 aliphatic rings. The molecule has 1 N–H and O–H groups in total. The standard InChI is InChI=1S/C29H22N2O/c32-21-26-27(31-28(30-26)22-13-5-1-6-14-22)29(23-15-7-2-8-16-23,24-17-9-3-10-18-24)25-19-11-4-12-20-25/h1-21H,(H,30,31). The third kappa shape index (κ3) is 3.25. The molecule has 0 saturated heterocycles. The summed E-state index contributed by atoms with van der Waals surface area (Å²) in [6.45, 7) is 0. The van der Waals surface area contributed by atoms with E-state index in [0.717, 1.165) is 34.2 Å². The summed E-state index contributed by atoms with van der Waals surface area (Å²) in [4.78, 5) is 20.6. The molecule has 0 aliphatic heterocycles. The number of hydrogen-bond acceptors (Lipinski definition) is 2. The molecule has 0 atom stereocenters. The molecule has 0 unspecified atom stereocenters. The molecule has 0 saturated carbocycles. The van der Waals surface area contributed by atoms with Crippen LogP contribution in [-0.2, 0) is 5.41 Å². The van der Waals surface area contributed by atoms with Crippen molar-refractivity contribution in [1.29, 1.82) is 0 Å². The molecule has 5 aromatic rings. The van der Waals surface area contributed by atoms with Gasteiger partial charge in [-0.3, -0.25) is 4.79 Å². The van der Waals surface area contributed by atoms with E-state index in [-0.39, 0.29) is 0 Å². The van der Waals surface area contributed by atoms with Crippen LogP contribution in [0.3, 0.4) is 0 Å². The summed E-state index contributed by atoms with van der Waals surface area (Å²) in [5.74, 6) is 0.676. The minimum atomic E-state index is -0.736. The zero-order chi connectivity index (χ0) is 21.8. The third-order valence-corrected chi connectivity index (χ3v) is 5.89. The molecule has 1 aromatic heterocycles. The number of carbonyl (C=O) groups is 1. The summed E-state index contributed by atoms with van der Waals surface area (Å²) in [5, 5.41) is 0. The highest BCUT2D eigenvalue weighted by molar-refractivity contribution is 5.79. The SMILES string of the molecule is O=Cc1nc(-c2ccccc2)[nH]c1C(c1ccccc1)(c1ccccc1)c1ccccc1. The van der Waals surface area contributed by atoms with E-state index in [4.69, 9.17) is 4.98 Å². The largest absolute Gasteiger partial charge is 0.340 e. The Bertz CT molecular complexity index is 1210. The Labute approximate surface area is 187 Å². The lowest BCUT2D eigenvalue weighted by Gasteiger charge is -2.35. The van der Waals surface area contributed by atoms with E-state index < -0.39 is 5.41 Å². The Kier molecular flexibility index (Phi) is 5.22. The normalized spacial score (nSPS) is 11.2. The van der Waals surface area contributed by atoms with Gasteiger partial charge in [-0.2, -0.15) is 0 Å². The van der Waals surface area contributed by atoms with Crippen LogP contribution in [0, 0.1) is 0 Å². The molecule has 1 heterocycles. The van der Waals surface area contributed by atoms with Crippen molar-refractivity contribution in [3.05, 3.63) is 149 Å². The van der Waals surface area contributed by atoms with Crippen LogP contribution in [0.4, 0.5) is 0 Å². The molecule has 0 spiro atoms. The number of hydrogen-bond donors (Lipinski definition) is 1. The first-order valence-electron chi connectivity index (χ1n) is 10.6. The summed E-state index contributed by atoms with van der Waals surface area (Å²) in [5.41, 5.74) is 4.54. The number of imidazole rings is 1. The first-order chi connectivity index (χ1) is 15.8. The molecule has 0 fully saturated rings. The maximum absolute atomic E-state index is 12.3. The molecule has 5 rings (SSSR count).